The van der Waals surface area contributed by atoms with Crippen molar-refractivity contribution >= 4 is 11.9 Å². The summed E-state index contributed by atoms with van der Waals surface area (Å²) in [5.41, 5.74) is 0. The van der Waals surface area contributed by atoms with Crippen LogP contribution < -0.4 is 5.32 Å². The van der Waals surface area contributed by atoms with Gasteiger partial charge >= 0.3 is 5.97 Å². The van der Waals surface area contributed by atoms with Crippen LogP contribution >= 0.6 is 0 Å². The molecule has 8 nitrogen and oxygen atoms in total. The summed E-state index contributed by atoms with van der Waals surface area (Å²) in [5.74, 6) is -0.779. The molecule has 0 saturated heterocycles. The molecule has 0 aliphatic rings. The standard InChI is InChI=1S/C13H22N2O6/c1-3-4-5-6-8-12(16)14-11(2)13(17)20-9-7-10-21-15(18)19/h3-4,11H,5-10H2,1-2H3,(H,14,16)/b4-3-. The highest BCUT2D eigenvalue weighted by atomic mass is 16.9. The zero-order valence-corrected chi connectivity index (χ0v) is 12.4. The first-order valence-electron chi connectivity index (χ1n) is 6.81. The average Bonchev–Trinajstić information content (AvgIpc) is 2.42. The summed E-state index contributed by atoms with van der Waals surface area (Å²) in [6, 6.07) is -0.740. The molecule has 0 rings (SSSR count). The van der Waals surface area contributed by atoms with E-state index in [1.165, 1.54) is 6.92 Å². The number of allylic oxidation sites excluding steroid dienone is 2. The lowest BCUT2D eigenvalue weighted by Crippen LogP contribution is -2.39. The maximum absolute atomic E-state index is 11.5. The van der Waals surface area contributed by atoms with Gasteiger partial charge in [0.15, 0.2) is 0 Å². The third kappa shape index (κ3) is 11.4. The third-order valence-corrected chi connectivity index (χ3v) is 2.47. The molecule has 21 heavy (non-hydrogen) atoms. The molecule has 0 aromatic rings. The fraction of sp³-hybridized carbons (Fsp3) is 0.692. The van der Waals surface area contributed by atoms with Crippen molar-refractivity contribution in [2.75, 3.05) is 13.2 Å². The quantitative estimate of drug-likeness (QED) is 0.203. The lowest BCUT2D eigenvalue weighted by Gasteiger charge is -2.13. The fourth-order valence-electron chi connectivity index (χ4n) is 1.42. The van der Waals surface area contributed by atoms with Gasteiger partial charge in [-0.2, -0.15) is 0 Å². The first-order chi connectivity index (χ1) is 9.97. The predicted octanol–water partition coefficient (Wildman–Crippen LogP) is 1.38. The molecule has 1 N–H and O–H groups in total. The zero-order valence-electron chi connectivity index (χ0n) is 12.4. The number of amides is 1. The van der Waals surface area contributed by atoms with E-state index in [0.29, 0.717) is 6.42 Å². The van der Waals surface area contributed by atoms with Gasteiger partial charge in [-0.05, 0) is 26.7 Å². The Hall–Kier alpha value is -2.12. The van der Waals surface area contributed by atoms with Crippen molar-refractivity contribution in [3.8, 4) is 0 Å². The van der Waals surface area contributed by atoms with E-state index >= 15 is 0 Å². The second-order valence-corrected chi connectivity index (χ2v) is 4.33. The van der Waals surface area contributed by atoms with Crippen LogP contribution in [0.4, 0.5) is 0 Å². The number of unbranched alkanes of at least 4 members (excludes halogenated alkanes) is 1. The highest BCUT2D eigenvalue weighted by molar-refractivity contribution is 5.84. The number of hydrogen-bond acceptors (Lipinski definition) is 6. The molecule has 0 aromatic heterocycles. The van der Waals surface area contributed by atoms with Gasteiger partial charge in [-0.3, -0.25) is 4.79 Å². The number of hydrogen-bond donors (Lipinski definition) is 1. The van der Waals surface area contributed by atoms with Gasteiger partial charge in [-0.15, -0.1) is 10.1 Å². The summed E-state index contributed by atoms with van der Waals surface area (Å²) in [6.45, 7) is 3.31. The largest absolute Gasteiger partial charge is 0.464 e. The fourth-order valence-corrected chi connectivity index (χ4v) is 1.42. The Morgan fingerprint density at radius 3 is 2.67 bits per heavy atom. The third-order valence-electron chi connectivity index (χ3n) is 2.47. The van der Waals surface area contributed by atoms with Crippen LogP contribution in [0.5, 0.6) is 0 Å². The van der Waals surface area contributed by atoms with E-state index in [0.717, 1.165) is 12.8 Å². The number of esters is 1. The minimum absolute atomic E-state index is 0.00811. The van der Waals surface area contributed by atoms with E-state index in [9.17, 15) is 19.7 Å². The Balaban J connectivity index is 3.73. The molecule has 0 aromatic carbocycles. The molecule has 0 radical (unpaired) electrons. The summed E-state index contributed by atoms with van der Waals surface area (Å²) in [4.78, 5) is 37.0. The molecule has 0 aliphatic carbocycles. The number of nitrogens with zero attached hydrogens (tertiary/aromatic N) is 1. The van der Waals surface area contributed by atoms with Crippen LogP contribution in [0.15, 0.2) is 12.2 Å². The highest BCUT2D eigenvalue weighted by Gasteiger charge is 2.16. The summed E-state index contributed by atoms with van der Waals surface area (Å²) in [6.07, 6.45) is 5.99. The number of carbonyl (C=O) groups excluding carboxylic acids is 2. The Morgan fingerprint density at radius 2 is 2.05 bits per heavy atom. The summed E-state index contributed by atoms with van der Waals surface area (Å²) in [5, 5.41) is 11.5. The Kier molecular flexibility index (Phi) is 10.5. The zero-order chi connectivity index (χ0) is 16.1. The molecule has 1 atom stereocenters. The number of ether oxygens (including phenoxy) is 1. The molecular weight excluding hydrogens is 280 g/mol. The van der Waals surface area contributed by atoms with Crippen molar-refractivity contribution in [3.63, 3.8) is 0 Å². The van der Waals surface area contributed by atoms with E-state index in [2.05, 4.69) is 10.2 Å². The molecule has 120 valence electrons. The van der Waals surface area contributed by atoms with Crippen LogP contribution in [-0.4, -0.2) is 36.2 Å². The van der Waals surface area contributed by atoms with Crippen molar-refractivity contribution < 1.29 is 24.3 Å². The second-order valence-electron chi connectivity index (χ2n) is 4.33. The summed E-state index contributed by atoms with van der Waals surface area (Å²) in [7, 11) is 0. The van der Waals surface area contributed by atoms with Crippen LogP contribution in [0.3, 0.4) is 0 Å². The van der Waals surface area contributed by atoms with Crippen molar-refractivity contribution in [2.45, 2.75) is 45.6 Å². The molecule has 8 heteroatoms. The minimum Gasteiger partial charge on any atom is -0.464 e. The Bertz CT molecular complexity index is 370. The molecule has 0 saturated carbocycles. The highest BCUT2D eigenvalue weighted by Crippen LogP contribution is 1.98. The van der Waals surface area contributed by atoms with Gasteiger partial charge < -0.3 is 14.9 Å². The molecule has 1 amide bonds. The lowest BCUT2D eigenvalue weighted by atomic mass is 10.2. The van der Waals surface area contributed by atoms with Gasteiger partial charge in [0.1, 0.15) is 6.04 Å². The van der Waals surface area contributed by atoms with Crippen molar-refractivity contribution in [1.82, 2.24) is 5.32 Å². The smallest absolute Gasteiger partial charge is 0.328 e. The van der Waals surface area contributed by atoms with Gasteiger partial charge in [-0.25, -0.2) is 4.79 Å². The molecule has 0 heterocycles. The first kappa shape index (κ1) is 18.9. The van der Waals surface area contributed by atoms with E-state index in [4.69, 9.17) is 4.74 Å². The van der Waals surface area contributed by atoms with Crippen LogP contribution in [-0.2, 0) is 19.2 Å². The average molecular weight is 302 g/mol. The number of carbonyl (C=O) groups is 2. The molecule has 0 aliphatic heterocycles. The van der Waals surface area contributed by atoms with Crippen LogP contribution in [0.25, 0.3) is 0 Å². The number of rotatable bonds is 11. The van der Waals surface area contributed by atoms with Crippen LogP contribution in [0, 0.1) is 10.1 Å². The summed E-state index contributed by atoms with van der Waals surface area (Å²) >= 11 is 0. The van der Waals surface area contributed by atoms with E-state index in [1.807, 2.05) is 19.1 Å². The van der Waals surface area contributed by atoms with Crippen LogP contribution in [0.2, 0.25) is 0 Å². The molecule has 1 unspecified atom stereocenters. The lowest BCUT2D eigenvalue weighted by molar-refractivity contribution is -0.757. The molecule has 0 bridgehead atoms. The maximum Gasteiger partial charge on any atom is 0.328 e. The van der Waals surface area contributed by atoms with Crippen molar-refractivity contribution in [3.05, 3.63) is 22.3 Å². The normalized spacial score (nSPS) is 11.9. The minimum atomic E-state index is -0.904. The van der Waals surface area contributed by atoms with Gasteiger partial charge in [-0.1, -0.05) is 12.2 Å². The maximum atomic E-state index is 11.5. The van der Waals surface area contributed by atoms with E-state index in [-0.39, 0.29) is 25.5 Å². The van der Waals surface area contributed by atoms with Crippen molar-refractivity contribution in [2.24, 2.45) is 0 Å². The van der Waals surface area contributed by atoms with E-state index < -0.39 is 17.1 Å². The van der Waals surface area contributed by atoms with Crippen LogP contribution in [0.1, 0.15) is 39.5 Å². The van der Waals surface area contributed by atoms with Crippen molar-refractivity contribution in [1.29, 1.82) is 0 Å². The van der Waals surface area contributed by atoms with E-state index in [1.54, 1.807) is 0 Å². The molecule has 0 spiro atoms. The predicted molar refractivity (Wildman–Crippen MR) is 74.8 cm³/mol. The van der Waals surface area contributed by atoms with Gasteiger partial charge in [0.2, 0.25) is 5.91 Å². The monoisotopic (exact) mass is 302 g/mol. The Morgan fingerprint density at radius 1 is 1.33 bits per heavy atom. The van der Waals surface area contributed by atoms with Gasteiger partial charge in [0.25, 0.3) is 5.09 Å². The Labute approximate surface area is 123 Å². The topological polar surface area (TPSA) is 108 Å². The SMILES string of the molecule is C/C=C\CCCC(=O)NC(C)C(=O)OCCCO[N+](=O)[O-]. The first-order valence-corrected chi connectivity index (χ1v) is 6.81. The second kappa shape index (κ2) is 11.7. The number of nitrogens with one attached hydrogen (secondary N) is 1. The van der Waals surface area contributed by atoms with Gasteiger partial charge in [0, 0.05) is 12.8 Å². The molecule has 0 fully saturated rings. The molecular formula is C13H22N2O6. The van der Waals surface area contributed by atoms with Gasteiger partial charge in [0.05, 0.1) is 13.2 Å². The summed E-state index contributed by atoms with van der Waals surface area (Å²) < 4.78 is 4.86.